The van der Waals surface area contributed by atoms with Crippen molar-refractivity contribution in [3.05, 3.63) is 92.0 Å². The van der Waals surface area contributed by atoms with Gasteiger partial charge in [-0.05, 0) is 36.8 Å². The van der Waals surface area contributed by atoms with Gasteiger partial charge in [-0.2, -0.15) is 9.78 Å². The van der Waals surface area contributed by atoms with Crippen molar-refractivity contribution in [1.82, 2.24) is 19.2 Å². The molecule has 1 aromatic heterocycles. The quantitative estimate of drug-likeness (QED) is 0.631. The highest BCUT2D eigenvalue weighted by Gasteiger charge is 2.26. The minimum Gasteiger partial charge on any atom is -0.378 e. The van der Waals surface area contributed by atoms with Crippen LogP contribution < -0.4 is 11.2 Å². The number of carbonyl (C=O) groups is 1. The van der Waals surface area contributed by atoms with Gasteiger partial charge in [0, 0.05) is 13.1 Å². The molecule has 0 saturated carbocycles. The number of halogens is 1. The van der Waals surface area contributed by atoms with E-state index >= 15 is 0 Å². The average Bonchev–Trinajstić information content (AvgIpc) is 2.78. The number of hydrogen-bond donors (Lipinski definition) is 0. The molecule has 9 heteroatoms. The van der Waals surface area contributed by atoms with E-state index in [2.05, 4.69) is 5.10 Å². The van der Waals surface area contributed by atoms with Gasteiger partial charge in [-0.15, -0.1) is 0 Å². The van der Waals surface area contributed by atoms with E-state index in [-0.39, 0.29) is 17.9 Å². The maximum atomic E-state index is 13.4. The number of ether oxygens (including phenoxy) is 1. The monoisotopic (exact) mass is 424 g/mol. The highest BCUT2D eigenvalue weighted by atomic mass is 19.1. The molecule has 1 saturated heterocycles. The van der Waals surface area contributed by atoms with E-state index in [0.29, 0.717) is 26.3 Å². The van der Waals surface area contributed by atoms with Crippen molar-refractivity contribution in [2.45, 2.75) is 13.5 Å². The summed E-state index contributed by atoms with van der Waals surface area (Å²) in [7, 11) is 0. The van der Waals surface area contributed by atoms with Gasteiger partial charge in [0.25, 0.3) is 11.5 Å². The Labute approximate surface area is 177 Å². The largest absolute Gasteiger partial charge is 0.378 e. The number of amides is 1. The van der Waals surface area contributed by atoms with Gasteiger partial charge in [0.1, 0.15) is 5.82 Å². The zero-order valence-corrected chi connectivity index (χ0v) is 17.0. The summed E-state index contributed by atoms with van der Waals surface area (Å²) in [6.45, 7) is 3.26. The third-order valence-electron chi connectivity index (χ3n) is 5.06. The van der Waals surface area contributed by atoms with Crippen molar-refractivity contribution < 1.29 is 13.9 Å². The maximum Gasteiger partial charge on any atom is 0.352 e. The lowest BCUT2D eigenvalue weighted by Crippen LogP contribution is -2.48. The first-order valence-corrected chi connectivity index (χ1v) is 9.87. The molecule has 0 bridgehead atoms. The maximum absolute atomic E-state index is 13.4. The van der Waals surface area contributed by atoms with Crippen LogP contribution in [-0.4, -0.2) is 51.5 Å². The summed E-state index contributed by atoms with van der Waals surface area (Å²) in [6, 6.07) is 12.5. The van der Waals surface area contributed by atoms with Crippen molar-refractivity contribution in [1.29, 1.82) is 0 Å². The Morgan fingerprint density at radius 2 is 1.81 bits per heavy atom. The standard InChI is InChI=1S/C22H21FN4O4/c1-15-3-2-4-16(13-15)14-26-21(29)19(20(28)25-9-11-31-12-10-25)24-27(22(26)30)18-7-5-17(23)6-8-18/h2-8,13H,9-12,14H2,1H3. The van der Waals surface area contributed by atoms with E-state index in [1.54, 1.807) is 6.07 Å². The molecule has 1 aliphatic rings. The molecule has 160 valence electrons. The Bertz CT molecular complexity index is 1230. The van der Waals surface area contributed by atoms with E-state index in [0.717, 1.165) is 20.4 Å². The molecule has 3 aromatic rings. The van der Waals surface area contributed by atoms with Gasteiger partial charge in [0.05, 0.1) is 25.4 Å². The number of benzene rings is 2. The van der Waals surface area contributed by atoms with Gasteiger partial charge in [0.15, 0.2) is 0 Å². The highest BCUT2D eigenvalue weighted by Crippen LogP contribution is 2.08. The van der Waals surface area contributed by atoms with Crippen molar-refractivity contribution in [3.63, 3.8) is 0 Å². The topological polar surface area (TPSA) is 86.4 Å². The van der Waals surface area contributed by atoms with E-state index in [1.165, 1.54) is 29.2 Å². The SMILES string of the molecule is Cc1cccc(Cn2c(=O)c(C(=O)N3CCOCC3)nn(-c3ccc(F)cc3)c2=O)c1. The molecule has 2 heterocycles. The van der Waals surface area contributed by atoms with Crippen LogP contribution in [0.15, 0.2) is 58.1 Å². The third kappa shape index (κ3) is 4.31. The van der Waals surface area contributed by atoms with E-state index in [1.807, 2.05) is 25.1 Å². The van der Waals surface area contributed by atoms with Crippen LogP contribution in [0.4, 0.5) is 4.39 Å². The van der Waals surface area contributed by atoms with Crippen LogP contribution in [0.2, 0.25) is 0 Å². The molecule has 0 spiro atoms. The Kier molecular flexibility index (Phi) is 5.77. The van der Waals surface area contributed by atoms with Crippen LogP contribution in [0.1, 0.15) is 21.6 Å². The van der Waals surface area contributed by atoms with Crippen molar-refractivity contribution in [3.8, 4) is 5.69 Å². The second kappa shape index (κ2) is 8.65. The zero-order chi connectivity index (χ0) is 22.0. The van der Waals surface area contributed by atoms with Crippen LogP contribution in [-0.2, 0) is 11.3 Å². The number of aryl methyl sites for hydroxylation is 1. The van der Waals surface area contributed by atoms with Crippen LogP contribution in [0.25, 0.3) is 5.69 Å². The van der Waals surface area contributed by atoms with Crippen LogP contribution in [0, 0.1) is 12.7 Å². The molecule has 1 fully saturated rings. The molecule has 1 amide bonds. The molecule has 0 atom stereocenters. The van der Waals surface area contributed by atoms with Gasteiger partial charge in [-0.1, -0.05) is 29.8 Å². The van der Waals surface area contributed by atoms with Gasteiger partial charge >= 0.3 is 5.69 Å². The smallest absolute Gasteiger partial charge is 0.352 e. The van der Waals surface area contributed by atoms with Crippen LogP contribution in [0.3, 0.4) is 0 Å². The number of rotatable bonds is 4. The molecular formula is C22H21FN4O4. The Morgan fingerprint density at radius 1 is 1.10 bits per heavy atom. The lowest BCUT2D eigenvalue weighted by atomic mass is 10.1. The number of aromatic nitrogens is 3. The fourth-order valence-electron chi connectivity index (χ4n) is 3.45. The molecule has 0 unspecified atom stereocenters. The minimum absolute atomic E-state index is 0.0214. The summed E-state index contributed by atoms with van der Waals surface area (Å²) >= 11 is 0. The summed E-state index contributed by atoms with van der Waals surface area (Å²) < 4.78 is 20.6. The third-order valence-corrected chi connectivity index (χ3v) is 5.06. The summed E-state index contributed by atoms with van der Waals surface area (Å²) in [5, 5.41) is 4.08. The van der Waals surface area contributed by atoms with Gasteiger partial charge in [-0.3, -0.25) is 14.2 Å². The van der Waals surface area contributed by atoms with Crippen molar-refractivity contribution in [2.75, 3.05) is 26.3 Å². The minimum atomic E-state index is -0.763. The Hall–Kier alpha value is -3.59. The number of carbonyl (C=O) groups excluding carboxylic acids is 1. The molecular weight excluding hydrogens is 403 g/mol. The molecule has 31 heavy (non-hydrogen) atoms. The zero-order valence-electron chi connectivity index (χ0n) is 17.0. The van der Waals surface area contributed by atoms with Gasteiger partial charge in [0.2, 0.25) is 5.69 Å². The predicted molar refractivity (Wildman–Crippen MR) is 111 cm³/mol. The predicted octanol–water partition coefficient (Wildman–Crippen LogP) is 1.36. The van der Waals surface area contributed by atoms with Crippen LogP contribution in [0.5, 0.6) is 0 Å². The first-order chi connectivity index (χ1) is 14.9. The average molecular weight is 424 g/mol. The molecule has 1 aliphatic heterocycles. The number of nitrogens with zero attached hydrogens (tertiary/aromatic N) is 4. The fourth-order valence-corrected chi connectivity index (χ4v) is 3.45. The molecule has 8 nitrogen and oxygen atoms in total. The lowest BCUT2D eigenvalue weighted by Gasteiger charge is -2.26. The summed E-state index contributed by atoms with van der Waals surface area (Å²) in [5.74, 6) is -1.04. The second-order valence-corrected chi connectivity index (χ2v) is 7.30. The Balaban J connectivity index is 1.87. The van der Waals surface area contributed by atoms with Gasteiger partial charge in [-0.25, -0.2) is 9.18 Å². The normalized spacial score (nSPS) is 13.9. The highest BCUT2D eigenvalue weighted by molar-refractivity contribution is 5.91. The summed E-state index contributed by atoms with van der Waals surface area (Å²) in [5.41, 5.74) is 0.126. The summed E-state index contributed by atoms with van der Waals surface area (Å²) in [4.78, 5) is 40.8. The molecule has 0 N–H and O–H groups in total. The van der Waals surface area contributed by atoms with Crippen molar-refractivity contribution in [2.24, 2.45) is 0 Å². The molecule has 0 radical (unpaired) electrons. The number of morpholine rings is 1. The van der Waals surface area contributed by atoms with Gasteiger partial charge < -0.3 is 9.64 Å². The fraction of sp³-hybridized carbons (Fsp3) is 0.273. The van der Waals surface area contributed by atoms with E-state index in [9.17, 15) is 18.8 Å². The lowest BCUT2D eigenvalue weighted by molar-refractivity contribution is 0.0295. The first-order valence-electron chi connectivity index (χ1n) is 9.87. The Morgan fingerprint density at radius 3 is 2.48 bits per heavy atom. The molecule has 2 aromatic carbocycles. The summed E-state index contributed by atoms with van der Waals surface area (Å²) in [6.07, 6.45) is 0. The molecule has 4 rings (SSSR count). The van der Waals surface area contributed by atoms with Crippen LogP contribution >= 0.6 is 0 Å². The first kappa shape index (κ1) is 20.7. The number of hydrogen-bond acceptors (Lipinski definition) is 5. The van der Waals surface area contributed by atoms with E-state index in [4.69, 9.17) is 4.74 Å². The van der Waals surface area contributed by atoms with E-state index < -0.39 is 23.0 Å². The second-order valence-electron chi connectivity index (χ2n) is 7.30. The van der Waals surface area contributed by atoms with Crippen molar-refractivity contribution >= 4 is 5.91 Å². The molecule has 0 aliphatic carbocycles.